The van der Waals surface area contributed by atoms with Crippen molar-refractivity contribution in [1.29, 1.82) is 0 Å². The number of hydrogen-bond donors (Lipinski definition) is 1. The van der Waals surface area contributed by atoms with Gasteiger partial charge in [0.25, 0.3) is 5.56 Å². The molecule has 0 saturated carbocycles. The molecule has 2 aromatic carbocycles. The first kappa shape index (κ1) is 25.5. The Morgan fingerprint density at radius 3 is 2.42 bits per heavy atom. The highest BCUT2D eigenvalue weighted by Gasteiger charge is 2.21. The van der Waals surface area contributed by atoms with Gasteiger partial charge in [-0.3, -0.25) is 14.5 Å². The van der Waals surface area contributed by atoms with Crippen molar-refractivity contribution in [3.8, 4) is 17.1 Å². The average Bonchev–Trinajstić information content (AvgIpc) is 2.91. The molecule has 0 spiro atoms. The Hall–Kier alpha value is -3.56. The molecule has 0 aliphatic carbocycles. The molecular weight excluding hydrogens is 458 g/mol. The van der Waals surface area contributed by atoms with Crippen molar-refractivity contribution in [2.24, 2.45) is 0 Å². The normalized spacial score (nSPS) is 14.1. The quantitative estimate of drug-likeness (QED) is 0.412. The summed E-state index contributed by atoms with van der Waals surface area (Å²) >= 11 is 0. The maximum absolute atomic E-state index is 12.7. The number of ether oxygens (including phenoxy) is 2. The molecule has 190 valence electrons. The monoisotopic (exact) mass is 491 g/mol. The minimum Gasteiger partial charge on any atom is -0.491 e. The van der Waals surface area contributed by atoms with E-state index in [1.807, 2.05) is 54.3 Å². The standard InChI is InChI=1S/C27H33N5O4/c1-2-35-18-19-36-23-10-8-22(9-11-23)26-28-27(34)24(29-30-26)12-13-25(33)32-16-14-31(15-17-32)20-21-6-4-3-5-7-21/h3-11H,2,12-20H2,1H3,(H,28,30,34). The largest absolute Gasteiger partial charge is 0.491 e. The zero-order valence-corrected chi connectivity index (χ0v) is 20.7. The fourth-order valence-corrected chi connectivity index (χ4v) is 4.11. The number of aryl methyl sites for hydroxylation is 1. The number of benzene rings is 2. The highest BCUT2D eigenvalue weighted by atomic mass is 16.5. The molecule has 4 rings (SSSR count). The van der Waals surface area contributed by atoms with E-state index in [0.717, 1.165) is 25.2 Å². The molecule has 9 nitrogen and oxygen atoms in total. The van der Waals surface area contributed by atoms with Crippen LogP contribution in [0.4, 0.5) is 0 Å². The number of rotatable bonds is 11. The lowest BCUT2D eigenvalue weighted by molar-refractivity contribution is -0.133. The minimum absolute atomic E-state index is 0.0413. The second-order valence-corrected chi connectivity index (χ2v) is 8.66. The van der Waals surface area contributed by atoms with Gasteiger partial charge in [-0.2, -0.15) is 0 Å². The Bertz CT molecular complexity index is 1160. The Balaban J connectivity index is 1.24. The molecule has 0 atom stereocenters. The summed E-state index contributed by atoms with van der Waals surface area (Å²) in [6.45, 7) is 7.56. The topological polar surface area (TPSA) is 101 Å². The third-order valence-corrected chi connectivity index (χ3v) is 6.14. The lowest BCUT2D eigenvalue weighted by Crippen LogP contribution is -2.48. The fraction of sp³-hybridized carbons (Fsp3) is 0.407. The van der Waals surface area contributed by atoms with E-state index in [-0.39, 0.29) is 30.0 Å². The summed E-state index contributed by atoms with van der Waals surface area (Å²) in [7, 11) is 0. The number of nitrogens with zero attached hydrogens (tertiary/aromatic N) is 4. The zero-order valence-electron chi connectivity index (χ0n) is 20.7. The second kappa shape index (κ2) is 12.9. The number of aromatic amines is 1. The van der Waals surface area contributed by atoms with E-state index in [0.29, 0.717) is 44.5 Å². The van der Waals surface area contributed by atoms with Gasteiger partial charge in [-0.1, -0.05) is 30.3 Å². The molecule has 1 N–H and O–H groups in total. The van der Waals surface area contributed by atoms with Crippen LogP contribution in [0.5, 0.6) is 5.75 Å². The van der Waals surface area contributed by atoms with E-state index in [1.54, 1.807) is 0 Å². The van der Waals surface area contributed by atoms with Crippen molar-refractivity contribution in [2.45, 2.75) is 26.3 Å². The maximum atomic E-state index is 12.7. The predicted molar refractivity (Wildman–Crippen MR) is 137 cm³/mol. The van der Waals surface area contributed by atoms with E-state index >= 15 is 0 Å². The Kier molecular flexibility index (Phi) is 9.18. The molecule has 36 heavy (non-hydrogen) atoms. The summed E-state index contributed by atoms with van der Waals surface area (Å²) < 4.78 is 10.9. The van der Waals surface area contributed by atoms with Crippen LogP contribution in [0.1, 0.15) is 24.6 Å². The van der Waals surface area contributed by atoms with E-state index in [2.05, 4.69) is 32.2 Å². The SMILES string of the molecule is CCOCCOc1ccc(-c2nnc(CCC(=O)N3CCN(Cc4ccccc4)CC3)c(=O)[nH]2)cc1. The summed E-state index contributed by atoms with van der Waals surface area (Å²) in [5, 5.41) is 8.27. The van der Waals surface area contributed by atoms with Crippen molar-refractivity contribution in [3.63, 3.8) is 0 Å². The van der Waals surface area contributed by atoms with Crippen LogP contribution in [0.2, 0.25) is 0 Å². The molecule has 0 unspecified atom stereocenters. The average molecular weight is 492 g/mol. The van der Waals surface area contributed by atoms with Gasteiger partial charge in [-0.25, -0.2) is 0 Å². The molecule has 1 saturated heterocycles. The first-order valence-corrected chi connectivity index (χ1v) is 12.4. The fourth-order valence-electron chi connectivity index (χ4n) is 4.11. The molecule has 1 aliphatic rings. The van der Waals surface area contributed by atoms with Crippen LogP contribution < -0.4 is 10.3 Å². The summed E-state index contributed by atoms with van der Waals surface area (Å²) in [5.74, 6) is 1.13. The molecule has 3 aromatic rings. The van der Waals surface area contributed by atoms with Gasteiger partial charge in [-0.05, 0) is 36.8 Å². The molecule has 0 bridgehead atoms. The number of amides is 1. The van der Waals surface area contributed by atoms with Gasteiger partial charge in [0.2, 0.25) is 5.91 Å². The second-order valence-electron chi connectivity index (χ2n) is 8.66. The highest BCUT2D eigenvalue weighted by molar-refractivity contribution is 5.76. The van der Waals surface area contributed by atoms with Gasteiger partial charge in [0.1, 0.15) is 18.1 Å². The van der Waals surface area contributed by atoms with Crippen molar-refractivity contribution in [3.05, 3.63) is 76.2 Å². The third kappa shape index (κ3) is 7.22. The number of piperazine rings is 1. The van der Waals surface area contributed by atoms with Crippen molar-refractivity contribution >= 4 is 5.91 Å². The highest BCUT2D eigenvalue weighted by Crippen LogP contribution is 2.18. The summed E-state index contributed by atoms with van der Waals surface area (Å²) in [6, 6.07) is 17.6. The van der Waals surface area contributed by atoms with Gasteiger partial charge in [0, 0.05) is 57.7 Å². The molecule has 1 amide bonds. The van der Waals surface area contributed by atoms with Crippen molar-refractivity contribution in [1.82, 2.24) is 25.0 Å². The van der Waals surface area contributed by atoms with Crippen LogP contribution in [-0.2, 0) is 22.5 Å². The number of nitrogens with one attached hydrogen (secondary N) is 1. The number of hydrogen-bond acceptors (Lipinski definition) is 7. The maximum Gasteiger partial charge on any atom is 0.273 e. The van der Waals surface area contributed by atoms with Gasteiger partial charge >= 0.3 is 0 Å². The van der Waals surface area contributed by atoms with Gasteiger partial charge in [-0.15, -0.1) is 10.2 Å². The van der Waals surface area contributed by atoms with Gasteiger partial charge < -0.3 is 19.4 Å². The minimum atomic E-state index is -0.322. The van der Waals surface area contributed by atoms with E-state index in [9.17, 15) is 9.59 Å². The van der Waals surface area contributed by atoms with E-state index in [4.69, 9.17) is 9.47 Å². The predicted octanol–water partition coefficient (Wildman–Crippen LogP) is 2.52. The summed E-state index contributed by atoms with van der Waals surface area (Å²) in [5.41, 5.74) is 1.95. The lowest BCUT2D eigenvalue weighted by atomic mass is 10.1. The van der Waals surface area contributed by atoms with Crippen LogP contribution in [-0.4, -0.2) is 76.9 Å². The molecule has 9 heteroatoms. The van der Waals surface area contributed by atoms with Crippen LogP contribution in [0.3, 0.4) is 0 Å². The van der Waals surface area contributed by atoms with E-state index in [1.165, 1.54) is 5.56 Å². The molecular formula is C27H33N5O4. The Morgan fingerprint density at radius 2 is 1.72 bits per heavy atom. The zero-order chi connectivity index (χ0) is 25.2. The van der Waals surface area contributed by atoms with Crippen LogP contribution >= 0.6 is 0 Å². The lowest BCUT2D eigenvalue weighted by Gasteiger charge is -2.34. The van der Waals surface area contributed by atoms with E-state index < -0.39 is 0 Å². The first-order valence-electron chi connectivity index (χ1n) is 12.4. The Morgan fingerprint density at radius 1 is 0.972 bits per heavy atom. The molecule has 1 fully saturated rings. The van der Waals surface area contributed by atoms with Gasteiger partial charge in [0.15, 0.2) is 5.82 Å². The van der Waals surface area contributed by atoms with Crippen LogP contribution in [0.15, 0.2) is 59.4 Å². The summed E-state index contributed by atoms with van der Waals surface area (Å²) in [6.07, 6.45) is 0.502. The molecule has 0 radical (unpaired) electrons. The number of carbonyl (C=O) groups excluding carboxylic acids is 1. The third-order valence-electron chi connectivity index (χ3n) is 6.14. The van der Waals surface area contributed by atoms with Crippen molar-refractivity contribution in [2.75, 3.05) is 46.0 Å². The number of aromatic nitrogens is 3. The molecule has 1 aromatic heterocycles. The number of carbonyl (C=O) groups is 1. The summed E-state index contributed by atoms with van der Waals surface area (Å²) in [4.78, 5) is 32.3. The molecule has 1 aliphatic heterocycles. The number of H-pyrrole nitrogens is 1. The first-order chi connectivity index (χ1) is 17.6. The smallest absolute Gasteiger partial charge is 0.273 e. The van der Waals surface area contributed by atoms with Gasteiger partial charge in [0.05, 0.1) is 6.61 Å². The molecule has 2 heterocycles. The van der Waals surface area contributed by atoms with Crippen LogP contribution in [0.25, 0.3) is 11.4 Å². The van der Waals surface area contributed by atoms with Crippen molar-refractivity contribution < 1.29 is 14.3 Å². The Labute approximate surface area is 211 Å². The van der Waals surface area contributed by atoms with Crippen LogP contribution in [0, 0.1) is 0 Å².